The predicted octanol–water partition coefficient (Wildman–Crippen LogP) is 4.54. The molecule has 1 aliphatic rings. The molecule has 1 aliphatic heterocycles. The minimum atomic E-state index is -0.0743. The molecule has 28 heavy (non-hydrogen) atoms. The summed E-state index contributed by atoms with van der Waals surface area (Å²) in [5.41, 5.74) is 5.70. The van der Waals surface area contributed by atoms with Crippen LogP contribution in [0.15, 0.2) is 79.3 Å². The Labute approximate surface area is 162 Å². The van der Waals surface area contributed by atoms with Crippen molar-refractivity contribution in [1.82, 2.24) is 14.5 Å². The number of aryl methyl sites for hydroxylation is 1. The average molecular weight is 366 g/mol. The van der Waals surface area contributed by atoms with Gasteiger partial charge in [0.05, 0.1) is 23.1 Å². The van der Waals surface area contributed by atoms with E-state index in [1.54, 1.807) is 29.4 Å². The quantitative estimate of drug-likeness (QED) is 0.523. The van der Waals surface area contributed by atoms with Crippen molar-refractivity contribution in [2.75, 3.05) is 4.90 Å². The number of anilines is 1. The Balaban J connectivity index is 1.65. The van der Waals surface area contributed by atoms with Crippen molar-refractivity contribution in [2.24, 2.45) is 0 Å². The molecule has 5 rings (SSSR count). The number of hydrogen-bond acceptors (Lipinski definition) is 3. The van der Waals surface area contributed by atoms with Gasteiger partial charge in [-0.2, -0.15) is 0 Å². The molecule has 4 aromatic rings. The van der Waals surface area contributed by atoms with Crippen LogP contribution in [0.4, 0.5) is 5.69 Å². The summed E-state index contributed by atoms with van der Waals surface area (Å²) in [7, 11) is 0. The van der Waals surface area contributed by atoms with E-state index in [9.17, 15) is 4.79 Å². The van der Waals surface area contributed by atoms with E-state index in [-0.39, 0.29) is 5.91 Å². The predicted molar refractivity (Wildman–Crippen MR) is 109 cm³/mol. The van der Waals surface area contributed by atoms with Crippen LogP contribution in [-0.2, 0) is 6.67 Å². The number of benzene rings is 2. The first-order valence-electron chi connectivity index (χ1n) is 9.16. The van der Waals surface area contributed by atoms with E-state index in [1.807, 2.05) is 30.5 Å². The van der Waals surface area contributed by atoms with E-state index in [2.05, 4.69) is 45.7 Å². The zero-order valence-corrected chi connectivity index (χ0v) is 15.4. The van der Waals surface area contributed by atoms with Gasteiger partial charge in [0.1, 0.15) is 12.5 Å². The lowest BCUT2D eigenvalue weighted by atomic mass is 10.1. The first-order chi connectivity index (χ1) is 13.7. The summed E-state index contributed by atoms with van der Waals surface area (Å²) < 4.78 is 2.10. The second kappa shape index (κ2) is 6.46. The van der Waals surface area contributed by atoms with Crippen molar-refractivity contribution in [3.63, 3.8) is 0 Å². The molecule has 0 spiro atoms. The first kappa shape index (κ1) is 16.4. The van der Waals surface area contributed by atoms with Crippen LogP contribution in [0.25, 0.3) is 22.6 Å². The summed E-state index contributed by atoms with van der Waals surface area (Å²) in [6.45, 7) is 2.47. The molecule has 3 heterocycles. The molecule has 0 N–H and O–H groups in total. The number of carbonyl (C=O) groups is 1. The lowest BCUT2D eigenvalue weighted by Gasteiger charge is -2.31. The Morgan fingerprint density at radius 2 is 1.79 bits per heavy atom. The Kier molecular flexibility index (Phi) is 3.79. The average Bonchev–Trinajstić information content (AvgIpc) is 3.18. The maximum Gasteiger partial charge on any atom is 0.261 e. The number of aromatic nitrogens is 3. The van der Waals surface area contributed by atoms with Gasteiger partial charge in [-0.3, -0.25) is 14.7 Å². The van der Waals surface area contributed by atoms with Crippen LogP contribution in [0, 0.1) is 6.92 Å². The molecule has 0 unspecified atom stereocenters. The van der Waals surface area contributed by atoms with E-state index >= 15 is 0 Å². The van der Waals surface area contributed by atoms with E-state index < -0.39 is 0 Å². The van der Waals surface area contributed by atoms with E-state index in [0.29, 0.717) is 12.2 Å². The highest BCUT2D eigenvalue weighted by molar-refractivity contribution is 6.08. The normalized spacial score (nSPS) is 12.4. The standard InChI is InChI=1S/C23H18N4O/c1-16-8-10-17(11-9-16)22-25-14-21-19-6-2-3-7-20(19)27(15-26(21)22)23(28)18-5-4-12-24-13-18/h2-14H,15H2,1H3. The van der Waals surface area contributed by atoms with Gasteiger partial charge in [0.15, 0.2) is 0 Å². The number of nitrogens with zero attached hydrogens (tertiary/aromatic N) is 4. The van der Waals surface area contributed by atoms with E-state index in [0.717, 1.165) is 28.3 Å². The number of hydrogen-bond donors (Lipinski definition) is 0. The van der Waals surface area contributed by atoms with Gasteiger partial charge >= 0.3 is 0 Å². The number of pyridine rings is 1. The van der Waals surface area contributed by atoms with Crippen molar-refractivity contribution in [3.8, 4) is 22.6 Å². The molecular formula is C23H18N4O. The van der Waals surface area contributed by atoms with Crippen LogP contribution in [0.2, 0.25) is 0 Å². The number of imidazole rings is 1. The fourth-order valence-electron chi connectivity index (χ4n) is 3.63. The number of carbonyl (C=O) groups excluding carboxylic acids is 1. The van der Waals surface area contributed by atoms with Crippen molar-refractivity contribution >= 4 is 11.6 Å². The minimum absolute atomic E-state index is 0.0743. The SMILES string of the molecule is Cc1ccc(-c2ncc3n2CN(C(=O)c2cccnc2)c2ccccc2-3)cc1. The van der Waals surface area contributed by atoms with Crippen molar-refractivity contribution < 1.29 is 4.79 Å². The fraction of sp³-hybridized carbons (Fsp3) is 0.0870. The molecule has 0 radical (unpaired) electrons. The fourth-order valence-corrected chi connectivity index (χ4v) is 3.63. The Hall–Kier alpha value is -3.73. The van der Waals surface area contributed by atoms with Gasteiger partial charge in [-0.15, -0.1) is 0 Å². The van der Waals surface area contributed by atoms with Crippen LogP contribution < -0.4 is 4.90 Å². The lowest BCUT2D eigenvalue weighted by Crippen LogP contribution is -2.36. The van der Waals surface area contributed by atoms with Crippen LogP contribution >= 0.6 is 0 Å². The van der Waals surface area contributed by atoms with Crippen LogP contribution in [0.3, 0.4) is 0 Å². The zero-order chi connectivity index (χ0) is 19.1. The van der Waals surface area contributed by atoms with Gasteiger partial charge in [-0.1, -0.05) is 48.0 Å². The number of fused-ring (bicyclic) bond motifs is 3. The molecule has 5 heteroatoms. The summed E-state index contributed by atoms with van der Waals surface area (Å²) in [5.74, 6) is 0.781. The maximum absolute atomic E-state index is 13.2. The second-order valence-corrected chi connectivity index (χ2v) is 6.89. The van der Waals surface area contributed by atoms with Crippen LogP contribution in [0.5, 0.6) is 0 Å². The van der Waals surface area contributed by atoms with E-state index in [4.69, 9.17) is 0 Å². The molecular weight excluding hydrogens is 348 g/mol. The van der Waals surface area contributed by atoms with Gasteiger partial charge in [0, 0.05) is 23.5 Å². The molecule has 1 amide bonds. The van der Waals surface area contributed by atoms with Crippen LogP contribution in [-0.4, -0.2) is 20.4 Å². The third-order valence-corrected chi connectivity index (χ3v) is 5.07. The zero-order valence-electron chi connectivity index (χ0n) is 15.4. The monoisotopic (exact) mass is 366 g/mol. The molecule has 0 saturated heterocycles. The van der Waals surface area contributed by atoms with Crippen LogP contribution in [0.1, 0.15) is 15.9 Å². The largest absolute Gasteiger partial charge is 0.305 e. The molecule has 0 bridgehead atoms. The molecule has 2 aromatic heterocycles. The highest BCUT2D eigenvalue weighted by Gasteiger charge is 2.29. The highest BCUT2D eigenvalue weighted by atomic mass is 16.2. The third kappa shape index (κ3) is 2.60. The lowest BCUT2D eigenvalue weighted by molar-refractivity contribution is 0.0979. The second-order valence-electron chi connectivity index (χ2n) is 6.89. The molecule has 2 aromatic carbocycles. The Morgan fingerprint density at radius 1 is 0.964 bits per heavy atom. The summed E-state index contributed by atoms with van der Waals surface area (Å²) >= 11 is 0. The highest BCUT2D eigenvalue weighted by Crippen LogP contribution is 2.38. The smallest absolute Gasteiger partial charge is 0.261 e. The number of para-hydroxylation sites is 1. The summed E-state index contributed by atoms with van der Waals surface area (Å²) in [6.07, 6.45) is 5.17. The van der Waals surface area contributed by atoms with Gasteiger partial charge in [0.2, 0.25) is 0 Å². The Bertz CT molecular complexity index is 1160. The summed E-state index contributed by atoms with van der Waals surface area (Å²) in [5, 5.41) is 0. The van der Waals surface area contributed by atoms with Crippen molar-refractivity contribution in [2.45, 2.75) is 13.6 Å². The molecule has 0 aliphatic carbocycles. The summed E-state index contributed by atoms with van der Waals surface area (Å²) in [6, 6.07) is 19.8. The van der Waals surface area contributed by atoms with Gasteiger partial charge in [0.25, 0.3) is 5.91 Å². The van der Waals surface area contributed by atoms with Gasteiger partial charge in [-0.05, 0) is 25.1 Å². The number of amides is 1. The van der Waals surface area contributed by atoms with E-state index in [1.165, 1.54) is 5.56 Å². The molecule has 0 saturated carbocycles. The Morgan fingerprint density at radius 3 is 2.57 bits per heavy atom. The third-order valence-electron chi connectivity index (χ3n) is 5.07. The molecule has 136 valence electrons. The maximum atomic E-state index is 13.2. The number of rotatable bonds is 2. The molecule has 0 atom stereocenters. The van der Waals surface area contributed by atoms with Crippen molar-refractivity contribution in [3.05, 3.63) is 90.4 Å². The van der Waals surface area contributed by atoms with Gasteiger partial charge in [-0.25, -0.2) is 4.98 Å². The molecule has 5 nitrogen and oxygen atoms in total. The first-order valence-corrected chi connectivity index (χ1v) is 9.16. The van der Waals surface area contributed by atoms with Crippen molar-refractivity contribution in [1.29, 1.82) is 0 Å². The molecule has 0 fully saturated rings. The summed E-state index contributed by atoms with van der Waals surface area (Å²) in [4.78, 5) is 23.8. The van der Waals surface area contributed by atoms with Gasteiger partial charge < -0.3 is 4.57 Å². The topological polar surface area (TPSA) is 51.0 Å². The minimum Gasteiger partial charge on any atom is -0.305 e.